The smallest absolute Gasteiger partial charge is 0.407 e. The van der Waals surface area contributed by atoms with E-state index in [1.807, 2.05) is 0 Å². The number of benzene rings is 1. The summed E-state index contributed by atoms with van der Waals surface area (Å²) in [5.74, 6) is -4.90. The van der Waals surface area contributed by atoms with Crippen LogP contribution >= 0.6 is 0 Å². The van der Waals surface area contributed by atoms with E-state index in [2.05, 4.69) is 25.7 Å². The first-order chi connectivity index (χ1) is 17.6. The lowest BCUT2D eigenvalue weighted by Gasteiger charge is -2.33. The predicted octanol–water partition coefficient (Wildman–Crippen LogP) is 3.17. The molecular weight excluding hydrogens is 506 g/mol. The predicted molar refractivity (Wildman–Crippen MR) is 128 cm³/mol. The number of hydrogen-bond donors (Lipinski definition) is 3. The molecule has 14 heteroatoms. The molecule has 1 amide bonds. The molecule has 0 spiro atoms. The van der Waals surface area contributed by atoms with E-state index in [1.165, 1.54) is 38.2 Å². The molecule has 0 saturated heterocycles. The molecule has 0 aliphatic heterocycles. The summed E-state index contributed by atoms with van der Waals surface area (Å²) in [7, 11) is 0. The zero-order valence-electron chi connectivity index (χ0n) is 21.3. The molecule has 204 valence electrons. The number of aliphatic hydroxyl groups is 1. The lowest BCUT2D eigenvalue weighted by atomic mass is 9.84. The van der Waals surface area contributed by atoms with Crippen LogP contribution in [0.2, 0.25) is 0 Å². The molecule has 0 fully saturated rings. The summed E-state index contributed by atoms with van der Waals surface area (Å²) in [6.07, 6.45) is 0.410. The van der Waals surface area contributed by atoms with Gasteiger partial charge < -0.3 is 25.0 Å². The van der Waals surface area contributed by atoms with Gasteiger partial charge in [0.1, 0.15) is 23.1 Å². The molecule has 0 bridgehead atoms. The van der Waals surface area contributed by atoms with E-state index >= 15 is 0 Å². The van der Waals surface area contributed by atoms with E-state index in [-0.39, 0.29) is 29.6 Å². The largest absolute Gasteiger partial charge is 0.481 e. The third-order valence-corrected chi connectivity index (χ3v) is 5.07. The SMILES string of the molecule is CC(C)(C)OC(=O)N[C@H](Cn1nnc(-c2ccc(Oc3ncccc3F)cc2F)n1)C(C(=O)O)C(C)(C)O. The highest BCUT2D eigenvalue weighted by molar-refractivity contribution is 5.74. The fourth-order valence-electron chi connectivity index (χ4n) is 3.56. The average molecular weight is 535 g/mol. The third kappa shape index (κ3) is 7.41. The summed E-state index contributed by atoms with van der Waals surface area (Å²) < 4.78 is 39.1. The van der Waals surface area contributed by atoms with Gasteiger partial charge in [-0.25, -0.2) is 18.6 Å². The Morgan fingerprint density at radius 3 is 2.42 bits per heavy atom. The van der Waals surface area contributed by atoms with E-state index in [1.54, 1.807) is 20.8 Å². The second-order valence-electron chi connectivity index (χ2n) is 9.92. The van der Waals surface area contributed by atoms with Crippen molar-refractivity contribution in [2.24, 2.45) is 5.92 Å². The lowest BCUT2D eigenvalue weighted by molar-refractivity contribution is -0.152. The summed E-state index contributed by atoms with van der Waals surface area (Å²) in [6, 6.07) is 4.93. The van der Waals surface area contributed by atoms with Gasteiger partial charge in [-0.05, 0) is 64.1 Å². The van der Waals surface area contributed by atoms with Gasteiger partial charge in [0.05, 0.1) is 23.8 Å². The Balaban J connectivity index is 1.84. The highest BCUT2D eigenvalue weighted by atomic mass is 19.1. The van der Waals surface area contributed by atoms with Crippen molar-refractivity contribution in [3.05, 3.63) is 48.2 Å². The van der Waals surface area contributed by atoms with Crippen LogP contribution in [0.3, 0.4) is 0 Å². The minimum Gasteiger partial charge on any atom is -0.481 e. The molecule has 3 N–H and O–H groups in total. The Morgan fingerprint density at radius 2 is 1.84 bits per heavy atom. The molecule has 38 heavy (non-hydrogen) atoms. The summed E-state index contributed by atoms with van der Waals surface area (Å²) in [4.78, 5) is 29.1. The first-order valence-corrected chi connectivity index (χ1v) is 11.4. The number of hydrogen-bond acceptors (Lipinski definition) is 9. The highest BCUT2D eigenvalue weighted by Crippen LogP contribution is 2.28. The summed E-state index contributed by atoms with van der Waals surface area (Å²) in [6.45, 7) is 7.13. The Hall–Kier alpha value is -4.20. The Morgan fingerprint density at radius 1 is 1.13 bits per heavy atom. The van der Waals surface area contributed by atoms with Gasteiger partial charge in [-0.2, -0.15) is 4.80 Å². The van der Waals surface area contributed by atoms with Crippen LogP contribution < -0.4 is 10.1 Å². The molecule has 0 aliphatic carbocycles. The van der Waals surface area contributed by atoms with Crippen LogP contribution in [-0.2, 0) is 16.1 Å². The van der Waals surface area contributed by atoms with Gasteiger partial charge >= 0.3 is 12.1 Å². The standard InChI is InChI=1S/C24H28F2N6O6/c1-23(2,3)38-22(35)28-17(18(21(33)34)24(4,5)36)12-32-30-19(29-31-32)14-9-8-13(11-16(14)26)37-20-15(25)7-6-10-27-20/h6-11,17-18,36H,12H2,1-5H3,(H,28,35)(H,33,34)/t17-,18?/m1/s1. The number of rotatable bonds is 9. The van der Waals surface area contributed by atoms with Crippen LogP contribution in [0.5, 0.6) is 11.6 Å². The number of carboxylic acid groups (broad SMARTS) is 1. The van der Waals surface area contributed by atoms with Crippen molar-refractivity contribution < 1.29 is 38.1 Å². The zero-order chi connectivity index (χ0) is 28.3. The monoisotopic (exact) mass is 534 g/mol. The van der Waals surface area contributed by atoms with Crippen LogP contribution in [0.25, 0.3) is 11.4 Å². The normalized spacial score (nSPS) is 13.5. The second kappa shape index (κ2) is 11.0. The van der Waals surface area contributed by atoms with Crippen molar-refractivity contribution in [3.63, 3.8) is 0 Å². The summed E-state index contributed by atoms with van der Waals surface area (Å²) >= 11 is 0. The number of halogens is 2. The number of ether oxygens (including phenoxy) is 2. The molecule has 0 aliphatic rings. The maximum Gasteiger partial charge on any atom is 0.407 e. The molecule has 0 saturated carbocycles. The van der Waals surface area contributed by atoms with Crippen LogP contribution in [0.1, 0.15) is 34.6 Å². The van der Waals surface area contributed by atoms with Gasteiger partial charge in [0.25, 0.3) is 5.88 Å². The number of carbonyl (C=O) groups is 2. The number of amides is 1. The van der Waals surface area contributed by atoms with Gasteiger partial charge in [0.15, 0.2) is 5.82 Å². The minimum absolute atomic E-state index is 0.0210. The zero-order valence-corrected chi connectivity index (χ0v) is 21.3. The molecule has 3 rings (SSSR count). The maximum absolute atomic E-state index is 14.8. The van der Waals surface area contributed by atoms with Gasteiger partial charge in [0, 0.05) is 12.3 Å². The number of nitrogens with one attached hydrogen (secondary N) is 1. The van der Waals surface area contributed by atoms with Crippen LogP contribution in [0.4, 0.5) is 13.6 Å². The average Bonchev–Trinajstić information content (AvgIpc) is 3.21. The molecule has 2 heterocycles. The number of aliphatic carboxylic acids is 1. The van der Waals surface area contributed by atoms with E-state index in [0.717, 1.165) is 16.9 Å². The van der Waals surface area contributed by atoms with Crippen molar-refractivity contribution in [3.8, 4) is 23.0 Å². The van der Waals surface area contributed by atoms with E-state index in [4.69, 9.17) is 9.47 Å². The Bertz CT molecular complexity index is 1300. The number of pyridine rings is 1. The molecular formula is C24H28F2N6O6. The lowest BCUT2D eigenvalue weighted by Crippen LogP contribution is -2.54. The molecule has 1 unspecified atom stereocenters. The van der Waals surface area contributed by atoms with E-state index in [0.29, 0.717) is 0 Å². The number of alkyl carbamates (subject to hydrolysis) is 1. The molecule has 1 aromatic carbocycles. The molecule has 2 aromatic heterocycles. The number of carboxylic acids is 1. The third-order valence-electron chi connectivity index (χ3n) is 5.07. The Labute approximate surface area is 216 Å². The number of carbonyl (C=O) groups excluding carboxylic acids is 1. The van der Waals surface area contributed by atoms with Crippen molar-refractivity contribution >= 4 is 12.1 Å². The topological polar surface area (TPSA) is 162 Å². The Kier molecular flexibility index (Phi) is 8.25. The number of aromatic nitrogens is 5. The van der Waals surface area contributed by atoms with Crippen LogP contribution in [-0.4, -0.2) is 64.7 Å². The van der Waals surface area contributed by atoms with E-state index in [9.17, 15) is 28.6 Å². The van der Waals surface area contributed by atoms with Crippen LogP contribution in [0, 0.1) is 17.6 Å². The fraction of sp³-hybridized carbons (Fsp3) is 0.417. The minimum atomic E-state index is -1.76. The van der Waals surface area contributed by atoms with E-state index < -0.39 is 46.9 Å². The first-order valence-electron chi connectivity index (χ1n) is 11.4. The maximum atomic E-state index is 14.8. The first kappa shape index (κ1) is 28.4. The summed E-state index contributed by atoms with van der Waals surface area (Å²) in [5.41, 5.74) is -2.69. The molecule has 12 nitrogen and oxygen atoms in total. The van der Waals surface area contributed by atoms with Crippen molar-refractivity contribution in [1.82, 2.24) is 30.5 Å². The molecule has 3 aromatic rings. The fourth-order valence-corrected chi connectivity index (χ4v) is 3.56. The van der Waals surface area contributed by atoms with Crippen LogP contribution in [0.15, 0.2) is 36.5 Å². The quantitative estimate of drug-likeness (QED) is 0.372. The van der Waals surface area contributed by atoms with Gasteiger partial charge in [-0.15, -0.1) is 10.2 Å². The number of nitrogens with zero attached hydrogens (tertiary/aromatic N) is 5. The van der Waals surface area contributed by atoms with Gasteiger partial charge in [0.2, 0.25) is 5.82 Å². The van der Waals surface area contributed by atoms with Gasteiger partial charge in [-0.1, -0.05) is 0 Å². The number of tetrazole rings is 1. The van der Waals surface area contributed by atoms with Gasteiger partial charge in [-0.3, -0.25) is 4.79 Å². The summed E-state index contributed by atoms with van der Waals surface area (Å²) in [5, 5.41) is 34.4. The second-order valence-corrected chi connectivity index (χ2v) is 9.92. The molecule has 2 atom stereocenters. The van der Waals surface area contributed by atoms with Crippen molar-refractivity contribution in [1.29, 1.82) is 0 Å². The molecule has 0 radical (unpaired) electrons. The van der Waals surface area contributed by atoms with Crippen molar-refractivity contribution in [2.45, 2.75) is 58.4 Å². The van der Waals surface area contributed by atoms with Crippen molar-refractivity contribution in [2.75, 3.05) is 0 Å². The highest BCUT2D eigenvalue weighted by Gasteiger charge is 2.42.